The highest BCUT2D eigenvalue weighted by Gasteiger charge is 2.34. The lowest BCUT2D eigenvalue weighted by Crippen LogP contribution is -2.43. The van der Waals surface area contributed by atoms with E-state index in [2.05, 4.69) is 15.5 Å². The number of sulfonamides is 1. The van der Waals surface area contributed by atoms with Crippen molar-refractivity contribution >= 4 is 10.0 Å². The van der Waals surface area contributed by atoms with Crippen LogP contribution in [-0.2, 0) is 21.3 Å². The zero-order valence-electron chi connectivity index (χ0n) is 12.8. The van der Waals surface area contributed by atoms with Crippen LogP contribution in [0.2, 0.25) is 0 Å². The fourth-order valence-corrected chi connectivity index (χ4v) is 4.21. The monoisotopic (exact) mass is 316 g/mol. The quantitative estimate of drug-likeness (QED) is 0.803. The third-order valence-electron chi connectivity index (χ3n) is 3.85. The highest BCUT2D eigenvalue weighted by atomic mass is 32.2. The van der Waals surface area contributed by atoms with Crippen LogP contribution in [0.4, 0.5) is 0 Å². The van der Waals surface area contributed by atoms with Gasteiger partial charge in [0.15, 0.2) is 5.03 Å². The normalized spacial score (nSPS) is 20.8. The SMILES string of the molecule is CCNCc1c(S(=O)(=O)N2CCCC(OC)C2)n[nH]c1C. The van der Waals surface area contributed by atoms with Crippen molar-refractivity contribution in [2.24, 2.45) is 0 Å². The average Bonchev–Trinajstić information content (AvgIpc) is 2.86. The number of hydrogen-bond donors (Lipinski definition) is 2. The van der Waals surface area contributed by atoms with Gasteiger partial charge in [0.05, 0.1) is 6.10 Å². The largest absolute Gasteiger partial charge is 0.380 e. The molecule has 2 heterocycles. The molecule has 7 nitrogen and oxygen atoms in total. The fraction of sp³-hybridized carbons (Fsp3) is 0.769. The Hall–Kier alpha value is -0.960. The van der Waals surface area contributed by atoms with Crippen molar-refractivity contribution in [3.8, 4) is 0 Å². The minimum atomic E-state index is -3.57. The van der Waals surface area contributed by atoms with E-state index in [4.69, 9.17) is 4.74 Å². The summed E-state index contributed by atoms with van der Waals surface area (Å²) in [7, 11) is -1.95. The Balaban J connectivity index is 2.27. The number of hydrogen-bond acceptors (Lipinski definition) is 5. The molecule has 0 aromatic carbocycles. The molecule has 0 saturated carbocycles. The number of nitrogens with zero attached hydrogens (tertiary/aromatic N) is 2. The number of piperidine rings is 1. The van der Waals surface area contributed by atoms with Gasteiger partial charge in [0.25, 0.3) is 10.0 Å². The van der Waals surface area contributed by atoms with Crippen LogP contribution in [0.25, 0.3) is 0 Å². The molecule has 1 fully saturated rings. The Labute approximate surface area is 126 Å². The molecule has 1 atom stereocenters. The lowest BCUT2D eigenvalue weighted by Gasteiger charge is -2.30. The fourth-order valence-electron chi connectivity index (χ4n) is 2.54. The number of aryl methyl sites for hydroxylation is 1. The second-order valence-corrected chi connectivity index (χ2v) is 7.13. The summed E-state index contributed by atoms with van der Waals surface area (Å²) in [5, 5.41) is 10.1. The second-order valence-electron chi connectivity index (χ2n) is 5.28. The molecule has 1 aliphatic heterocycles. The Morgan fingerprint density at radius 3 is 2.95 bits per heavy atom. The van der Waals surface area contributed by atoms with Gasteiger partial charge in [-0.2, -0.15) is 9.40 Å². The maximum absolute atomic E-state index is 12.8. The molecule has 0 spiro atoms. The van der Waals surface area contributed by atoms with Crippen LogP contribution in [0.1, 0.15) is 31.0 Å². The van der Waals surface area contributed by atoms with Crippen LogP contribution < -0.4 is 5.32 Å². The van der Waals surface area contributed by atoms with Crippen LogP contribution in [0.3, 0.4) is 0 Å². The molecule has 0 bridgehead atoms. The number of aromatic amines is 1. The van der Waals surface area contributed by atoms with Crippen molar-refractivity contribution in [3.05, 3.63) is 11.3 Å². The van der Waals surface area contributed by atoms with Crippen LogP contribution in [-0.4, -0.2) is 55.8 Å². The summed E-state index contributed by atoms with van der Waals surface area (Å²) in [5.74, 6) is 0. The summed E-state index contributed by atoms with van der Waals surface area (Å²) in [5.41, 5.74) is 1.51. The molecular weight excluding hydrogens is 292 g/mol. The van der Waals surface area contributed by atoms with Crippen LogP contribution >= 0.6 is 0 Å². The number of rotatable bonds is 6. The Morgan fingerprint density at radius 2 is 2.29 bits per heavy atom. The van der Waals surface area contributed by atoms with Crippen molar-refractivity contribution in [1.29, 1.82) is 0 Å². The second kappa shape index (κ2) is 6.87. The van der Waals surface area contributed by atoms with Gasteiger partial charge in [-0.1, -0.05) is 6.92 Å². The Morgan fingerprint density at radius 1 is 1.52 bits per heavy atom. The first kappa shape index (κ1) is 16.4. The molecule has 2 N–H and O–H groups in total. The van der Waals surface area contributed by atoms with E-state index in [-0.39, 0.29) is 11.1 Å². The first-order valence-electron chi connectivity index (χ1n) is 7.28. The highest BCUT2D eigenvalue weighted by molar-refractivity contribution is 7.89. The molecule has 0 radical (unpaired) electrons. The van der Waals surface area contributed by atoms with Gasteiger partial charge in [-0.05, 0) is 26.3 Å². The standard InChI is InChI=1S/C13H24N4O3S/c1-4-14-8-12-10(2)15-16-13(12)21(18,19)17-7-5-6-11(9-17)20-3/h11,14H,4-9H2,1-3H3,(H,15,16). The van der Waals surface area contributed by atoms with Crippen LogP contribution in [0.5, 0.6) is 0 Å². The van der Waals surface area contributed by atoms with Gasteiger partial charge in [0.1, 0.15) is 0 Å². The van der Waals surface area contributed by atoms with Gasteiger partial charge in [-0.15, -0.1) is 0 Å². The van der Waals surface area contributed by atoms with E-state index in [0.29, 0.717) is 19.6 Å². The number of aromatic nitrogens is 2. The molecule has 21 heavy (non-hydrogen) atoms. The predicted molar refractivity (Wildman–Crippen MR) is 79.5 cm³/mol. The van der Waals surface area contributed by atoms with Gasteiger partial charge in [0.2, 0.25) is 0 Å². The number of nitrogens with one attached hydrogen (secondary N) is 2. The minimum Gasteiger partial charge on any atom is -0.380 e. The Bertz CT molecular complexity index is 570. The van der Waals surface area contributed by atoms with Crippen molar-refractivity contribution in [3.63, 3.8) is 0 Å². The van der Waals surface area contributed by atoms with Crippen LogP contribution in [0, 0.1) is 6.92 Å². The van der Waals surface area contributed by atoms with E-state index in [9.17, 15) is 8.42 Å². The molecule has 0 amide bonds. The molecule has 8 heteroatoms. The number of H-pyrrole nitrogens is 1. The molecule has 1 aromatic heterocycles. The smallest absolute Gasteiger partial charge is 0.262 e. The number of methoxy groups -OCH3 is 1. The predicted octanol–water partition coefficient (Wildman–Crippen LogP) is 0.627. The van der Waals surface area contributed by atoms with E-state index in [1.165, 1.54) is 4.31 Å². The van der Waals surface area contributed by atoms with Crippen molar-refractivity contribution in [2.75, 3.05) is 26.7 Å². The van der Waals surface area contributed by atoms with Gasteiger partial charge in [-0.25, -0.2) is 8.42 Å². The minimum absolute atomic E-state index is 0.0363. The first-order chi connectivity index (χ1) is 10.0. The lowest BCUT2D eigenvalue weighted by molar-refractivity contribution is 0.0571. The van der Waals surface area contributed by atoms with E-state index < -0.39 is 10.0 Å². The maximum atomic E-state index is 12.8. The summed E-state index contributed by atoms with van der Waals surface area (Å²) in [4.78, 5) is 0. The maximum Gasteiger partial charge on any atom is 0.262 e. The third-order valence-corrected chi connectivity index (χ3v) is 5.68. The molecule has 1 unspecified atom stereocenters. The average molecular weight is 316 g/mol. The molecule has 2 rings (SSSR count). The first-order valence-corrected chi connectivity index (χ1v) is 8.72. The summed E-state index contributed by atoms with van der Waals surface area (Å²) in [6.45, 7) is 6.01. The van der Waals surface area contributed by atoms with Crippen molar-refractivity contribution < 1.29 is 13.2 Å². The molecular formula is C13H24N4O3S. The van der Waals surface area contributed by atoms with E-state index in [1.54, 1.807) is 7.11 Å². The molecule has 120 valence electrons. The topological polar surface area (TPSA) is 87.3 Å². The Kier molecular flexibility index (Phi) is 5.37. The van der Waals surface area contributed by atoms with Gasteiger partial charge in [-0.3, -0.25) is 5.10 Å². The van der Waals surface area contributed by atoms with E-state index in [0.717, 1.165) is 30.6 Å². The zero-order chi connectivity index (χ0) is 15.5. The van der Waals surface area contributed by atoms with Gasteiger partial charge in [0, 0.05) is 38.0 Å². The summed E-state index contributed by atoms with van der Waals surface area (Å²) >= 11 is 0. The summed E-state index contributed by atoms with van der Waals surface area (Å²) in [6, 6.07) is 0. The van der Waals surface area contributed by atoms with E-state index >= 15 is 0 Å². The third kappa shape index (κ3) is 3.45. The van der Waals surface area contributed by atoms with Crippen LogP contribution in [0.15, 0.2) is 5.03 Å². The van der Waals surface area contributed by atoms with Crippen molar-refractivity contribution in [2.45, 2.75) is 44.4 Å². The lowest BCUT2D eigenvalue weighted by atomic mass is 10.1. The zero-order valence-corrected chi connectivity index (χ0v) is 13.7. The van der Waals surface area contributed by atoms with Crippen molar-refractivity contribution in [1.82, 2.24) is 19.8 Å². The molecule has 1 aliphatic rings. The summed E-state index contributed by atoms with van der Waals surface area (Å²) < 4.78 is 32.4. The van der Waals surface area contributed by atoms with E-state index in [1.807, 2.05) is 13.8 Å². The molecule has 1 saturated heterocycles. The highest BCUT2D eigenvalue weighted by Crippen LogP contribution is 2.24. The summed E-state index contributed by atoms with van der Waals surface area (Å²) in [6.07, 6.45) is 1.67. The van der Waals surface area contributed by atoms with Gasteiger partial charge >= 0.3 is 0 Å². The molecule has 0 aliphatic carbocycles. The van der Waals surface area contributed by atoms with Gasteiger partial charge < -0.3 is 10.1 Å². The molecule has 1 aromatic rings. The number of ether oxygens (including phenoxy) is 1.